The third-order valence-electron chi connectivity index (χ3n) is 8.47. The van der Waals surface area contributed by atoms with Gasteiger partial charge in [0, 0.05) is 29.8 Å². The van der Waals surface area contributed by atoms with Gasteiger partial charge >= 0.3 is 5.97 Å². The van der Waals surface area contributed by atoms with E-state index in [-0.39, 0.29) is 32.4 Å². The third-order valence-corrected chi connectivity index (χ3v) is 9.78. The molecule has 0 amide bonds. The zero-order chi connectivity index (χ0) is 29.9. The van der Waals surface area contributed by atoms with Crippen molar-refractivity contribution in [2.24, 2.45) is 0 Å². The monoisotopic (exact) mass is 604 g/mol. The van der Waals surface area contributed by atoms with Crippen LogP contribution in [-0.2, 0) is 29.2 Å². The maximum absolute atomic E-state index is 14.6. The Labute approximate surface area is 252 Å². The molecule has 0 bridgehead atoms. The van der Waals surface area contributed by atoms with E-state index in [0.29, 0.717) is 22.9 Å². The molecule has 226 valence electrons. The summed E-state index contributed by atoms with van der Waals surface area (Å²) >= 11 is 0. The lowest BCUT2D eigenvalue weighted by Crippen LogP contribution is -2.35. The molecule has 2 aliphatic heterocycles. The van der Waals surface area contributed by atoms with Crippen molar-refractivity contribution in [3.63, 3.8) is 0 Å². The fourth-order valence-electron chi connectivity index (χ4n) is 5.78. The van der Waals surface area contributed by atoms with E-state index in [4.69, 9.17) is 24.2 Å². The molecule has 2 aromatic heterocycles. The van der Waals surface area contributed by atoms with E-state index >= 15 is 0 Å². The third kappa shape index (κ3) is 6.74. The molecule has 43 heavy (non-hydrogen) atoms. The molecule has 0 aliphatic carbocycles. The molecular weight excluding hydrogens is 566 g/mol. The Morgan fingerprint density at radius 2 is 1.88 bits per heavy atom. The maximum Gasteiger partial charge on any atom is 0.337 e. The van der Waals surface area contributed by atoms with E-state index in [9.17, 15) is 9.18 Å². The molecule has 1 atom stereocenters. The van der Waals surface area contributed by atoms with Crippen molar-refractivity contribution < 1.29 is 23.4 Å². The summed E-state index contributed by atoms with van der Waals surface area (Å²) in [6.45, 7) is 8.46. The van der Waals surface area contributed by atoms with Gasteiger partial charge in [0.05, 0.1) is 42.9 Å². The van der Waals surface area contributed by atoms with Crippen molar-refractivity contribution >= 4 is 30.2 Å². The van der Waals surface area contributed by atoms with E-state index in [1.165, 1.54) is 7.11 Å². The largest absolute Gasteiger partial charge is 0.473 e. The van der Waals surface area contributed by atoms with E-state index in [1.807, 2.05) is 36.4 Å². The van der Waals surface area contributed by atoms with E-state index in [2.05, 4.69) is 28.9 Å². The highest BCUT2D eigenvalue weighted by molar-refractivity contribution is 7.64. The minimum Gasteiger partial charge on any atom is -0.473 e. The summed E-state index contributed by atoms with van der Waals surface area (Å²) < 4.78 is 33.4. The number of pyridine rings is 1. The van der Waals surface area contributed by atoms with Crippen LogP contribution >= 0.6 is 7.92 Å². The molecule has 0 radical (unpaired) electrons. The average Bonchev–Trinajstić information content (AvgIpc) is 3.34. The number of nitrogens with zero attached hydrogens (tertiary/aromatic N) is 4. The molecule has 4 aromatic rings. The molecule has 8 nitrogen and oxygen atoms in total. The SMILES string of the molecule is COC(=O)c1ccc2nc(CN3CCC(c4cccc(OCc5ccc(P(C)C)cc5F)n4)CC3)n(C[C@@H]3CCO3)c2c1. The first-order valence-electron chi connectivity index (χ1n) is 14.8. The van der Waals surface area contributed by atoms with Gasteiger partial charge in [-0.05, 0) is 81.3 Å². The first-order valence-corrected chi connectivity index (χ1v) is 17.1. The fourth-order valence-corrected chi connectivity index (χ4v) is 6.53. The van der Waals surface area contributed by atoms with Crippen molar-refractivity contribution in [2.75, 3.05) is 40.1 Å². The van der Waals surface area contributed by atoms with Gasteiger partial charge in [0.2, 0.25) is 5.88 Å². The van der Waals surface area contributed by atoms with E-state index < -0.39 is 0 Å². The van der Waals surface area contributed by atoms with Crippen molar-refractivity contribution in [1.82, 2.24) is 19.4 Å². The van der Waals surface area contributed by atoms with Gasteiger partial charge in [-0.3, -0.25) is 4.90 Å². The Bertz CT molecular complexity index is 1600. The Kier molecular flexibility index (Phi) is 9.03. The number of halogens is 1. The summed E-state index contributed by atoms with van der Waals surface area (Å²) in [5, 5.41) is 1.04. The van der Waals surface area contributed by atoms with Crippen LogP contribution in [0.5, 0.6) is 5.88 Å². The van der Waals surface area contributed by atoms with Crippen molar-refractivity contribution in [1.29, 1.82) is 0 Å². The van der Waals surface area contributed by atoms with Crippen LogP contribution in [0.1, 0.15) is 52.6 Å². The minimum absolute atomic E-state index is 0.153. The highest BCUT2D eigenvalue weighted by atomic mass is 31.1. The summed E-state index contributed by atoms with van der Waals surface area (Å²) in [5.41, 5.74) is 3.87. The number of hydrogen-bond donors (Lipinski definition) is 0. The van der Waals surface area contributed by atoms with Gasteiger partial charge in [0.25, 0.3) is 0 Å². The highest BCUT2D eigenvalue weighted by Crippen LogP contribution is 2.30. The van der Waals surface area contributed by atoms with Gasteiger partial charge in [-0.2, -0.15) is 0 Å². The lowest BCUT2D eigenvalue weighted by molar-refractivity contribution is -0.0592. The predicted octanol–water partition coefficient (Wildman–Crippen LogP) is 5.47. The Balaban J connectivity index is 1.10. The molecule has 2 aromatic carbocycles. The van der Waals surface area contributed by atoms with Crippen molar-refractivity contribution in [3.05, 3.63) is 83.1 Å². The van der Waals surface area contributed by atoms with Crippen LogP contribution in [0.2, 0.25) is 0 Å². The average molecular weight is 605 g/mol. The summed E-state index contributed by atoms with van der Waals surface area (Å²) in [6.07, 6.45) is 3.14. The van der Waals surface area contributed by atoms with Gasteiger partial charge in [-0.1, -0.05) is 26.1 Å². The number of methoxy groups -OCH3 is 1. The predicted molar refractivity (Wildman–Crippen MR) is 166 cm³/mol. The Morgan fingerprint density at radius 3 is 2.58 bits per heavy atom. The molecule has 10 heteroatoms. The van der Waals surface area contributed by atoms with Crippen LogP contribution in [0.3, 0.4) is 0 Å². The van der Waals surface area contributed by atoms with Crippen molar-refractivity contribution in [2.45, 2.75) is 51.0 Å². The van der Waals surface area contributed by atoms with Gasteiger partial charge in [0.1, 0.15) is 18.2 Å². The number of imidazole rings is 1. The minimum atomic E-state index is -0.352. The van der Waals surface area contributed by atoms with Gasteiger partial charge in [-0.15, -0.1) is 0 Å². The van der Waals surface area contributed by atoms with Gasteiger partial charge in [-0.25, -0.2) is 19.2 Å². The van der Waals surface area contributed by atoms with Crippen LogP contribution in [0.4, 0.5) is 4.39 Å². The van der Waals surface area contributed by atoms with Crippen LogP contribution in [0, 0.1) is 5.82 Å². The van der Waals surface area contributed by atoms with E-state index in [0.717, 1.165) is 79.9 Å². The van der Waals surface area contributed by atoms with Crippen molar-refractivity contribution in [3.8, 4) is 5.88 Å². The zero-order valence-corrected chi connectivity index (χ0v) is 25.9. The number of hydrogen-bond acceptors (Lipinski definition) is 7. The number of fused-ring (bicyclic) bond motifs is 1. The number of benzene rings is 2. The number of rotatable bonds is 10. The fraction of sp³-hybridized carbons (Fsp3) is 0.424. The topological polar surface area (TPSA) is 78.7 Å². The number of carbonyl (C=O) groups is 1. The van der Waals surface area contributed by atoms with Crippen LogP contribution in [-0.4, -0.2) is 71.6 Å². The Hall–Kier alpha value is -3.39. The number of esters is 1. The molecule has 2 fully saturated rings. The quantitative estimate of drug-likeness (QED) is 0.176. The zero-order valence-electron chi connectivity index (χ0n) is 25.0. The molecule has 4 heterocycles. The molecule has 2 saturated heterocycles. The summed E-state index contributed by atoms with van der Waals surface area (Å²) in [6, 6.07) is 16.8. The molecule has 2 aliphatic rings. The lowest BCUT2D eigenvalue weighted by Gasteiger charge is -2.32. The first kappa shape index (κ1) is 29.7. The summed E-state index contributed by atoms with van der Waals surface area (Å²) in [7, 11) is 1.05. The van der Waals surface area contributed by atoms with Gasteiger partial charge in [0.15, 0.2) is 0 Å². The van der Waals surface area contributed by atoms with Crippen LogP contribution in [0.25, 0.3) is 11.0 Å². The maximum atomic E-state index is 14.6. The second-order valence-electron chi connectivity index (χ2n) is 11.5. The normalized spacial score (nSPS) is 17.7. The number of ether oxygens (including phenoxy) is 3. The molecule has 0 unspecified atom stereocenters. The second kappa shape index (κ2) is 13.1. The number of piperidine rings is 1. The highest BCUT2D eigenvalue weighted by Gasteiger charge is 2.26. The molecule has 6 rings (SSSR count). The molecular formula is C33H38FN4O4P. The van der Waals surface area contributed by atoms with Crippen LogP contribution < -0.4 is 10.0 Å². The first-order chi connectivity index (χ1) is 20.9. The molecule has 0 spiro atoms. The summed E-state index contributed by atoms with van der Waals surface area (Å²) in [4.78, 5) is 24.4. The number of aromatic nitrogens is 3. The van der Waals surface area contributed by atoms with E-state index in [1.54, 1.807) is 12.1 Å². The number of carbonyl (C=O) groups excluding carboxylic acids is 1. The van der Waals surface area contributed by atoms with Gasteiger partial charge < -0.3 is 18.8 Å². The molecule has 0 saturated carbocycles. The lowest BCUT2D eigenvalue weighted by atomic mass is 9.93. The Morgan fingerprint density at radius 1 is 1.07 bits per heavy atom. The summed E-state index contributed by atoms with van der Waals surface area (Å²) in [5.74, 6) is 1.25. The standard InChI is InChI=1S/C33H38FN4O4P/c1-40-33(39)23-8-10-29-30(17-23)38(19-25-13-16-41-25)31(35-29)20-37-14-11-22(12-15-37)28-5-4-6-32(36-28)42-21-24-7-9-26(43(2)3)18-27(24)34/h4-10,17-18,22,25H,11-16,19-21H2,1-3H3/t25-/m0/s1. The molecule has 0 N–H and O–H groups in total. The van der Waals surface area contributed by atoms with Crippen LogP contribution in [0.15, 0.2) is 54.6 Å². The smallest absolute Gasteiger partial charge is 0.337 e. The second-order valence-corrected chi connectivity index (χ2v) is 13.8. The number of likely N-dealkylation sites (tertiary alicyclic amines) is 1.